The molecule has 0 aliphatic carbocycles. The van der Waals surface area contributed by atoms with Gasteiger partial charge >= 0.3 is 0 Å². The van der Waals surface area contributed by atoms with Gasteiger partial charge in [0.1, 0.15) is 6.33 Å². The number of rotatable bonds is 6. The second-order valence-corrected chi connectivity index (χ2v) is 6.20. The zero-order valence-corrected chi connectivity index (χ0v) is 13.3. The Morgan fingerprint density at radius 1 is 1.26 bits per heavy atom. The number of aromatic nitrogens is 4. The number of amides is 1. The van der Waals surface area contributed by atoms with Crippen molar-refractivity contribution < 1.29 is 4.79 Å². The Bertz CT molecular complexity index is 599. The first-order chi connectivity index (χ1) is 11.3. The summed E-state index contributed by atoms with van der Waals surface area (Å²) >= 11 is 0. The van der Waals surface area contributed by atoms with Gasteiger partial charge in [0.05, 0.1) is 6.54 Å². The van der Waals surface area contributed by atoms with E-state index in [0.29, 0.717) is 18.9 Å². The fourth-order valence-electron chi connectivity index (χ4n) is 3.19. The number of hydrogen-bond acceptors (Lipinski definition) is 4. The lowest BCUT2D eigenvalue weighted by Gasteiger charge is -2.33. The smallest absolute Gasteiger partial charge is 0.224 e. The van der Waals surface area contributed by atoms with E-state index in [1.807, 2.05) is 4.90 Å². The van der Waals surface area contributed by atoms with Crippen molar-refractivity contribution in [2.45, 2.75) is 38.6 Å². The minimum absolute atomic E-state index is 0.213. The Kier molecular flexibility index (Phi) is 5.34. The van der Waals surface area contributed by atoms with Crippen molar-refractivity contribution in [1.29, 1.82) is 0 Å². The Morgan fingerprint density at radius 3 is 2.91 bits per heavy atom. The molecule has 0 saturated carbocycles. The standard InChI is InChI=1S/C17H23N5O/c23-17(10-12-22-14-18-19-20-22)21-11-4-7-16(13-21)9-8-15-5-2-1-3-6-15/h1-3,5-6,14,16H,4,7-13H2. The second kappa shape index (κ2) is 7.85. The van der Waals surface area contributed by atoms with E-state index < -0.39 is 0 Å². The van der Waals surface area contributed by atoms with E-state index in [1.54, 1.807) is 11.0 Å². The molecule has 2 aromatic rings. The normalized spacial score (nSPS) is 18.1. The van der Waals surface area contributed by atoms with Crippen LogP contribution in [0.4, 0.5) is 0 Å². The van der Waals surface area contributed by atoms with Crippen LogP contribution in [0.1, 0.15) is 31.2 Å². The van der Waals surface area contributed by atoms with Crippen LogP contribution in [0.5, 0.6) is 0 Å². The maximum Gasteiger partial charge on any atom is 0.224 e. The van der Waals surface area contributed by atoms with E-state index >= 15 is 0 Å². The third-order valence-electron chi connectivity index (χ3n) is 4.50. The van der Waals surface area contributed by atoms with Gasteiger partial charge in [0.2, 0.25) is 5.91 Å². The van der Waals surface area contributed by atoms with E-state index in [-0.39, 0.29) is 5.91 Å². The zero-order chi connectivity index (χ0) is 15.9. The second-order valence-electron chi connectivity index (χ2n) is 6.20. The average Bonchev–Trinajstić information content (AvgIpc) is 3.12. The predicted molar refractivity (Wildman–Crippen MR) is 86.5 cm³/mol. The van der Waals surface area contributed by atoms with Crippen molar-refractivity contribution in [3.63, 3.8) is 0 Å². The molecule has 1 unspecified atom stereocenters. The molecule has 1 aliphatic heterocycles. The minimum atomic E-state index is 0.213. The molecule has 3 rings (SSSR count). The molecule has 2 heterocycles. The number of hydrogen-bond donors (Lipinski definition) is 0. The molecule has 1 aromatic heterocycles. The number of carbonyl (C=O) groups excluding carboxylic acids is 1. The Balaban J connectivity index is 1.44. The van der Waals surface area contributed by atoms with Crippen LogP contribution in [0.3, 0.4) is 0 Å². The van der Waals surface area contributed by atoms with Crippen LogP contribution in [-0.2, 0) is 17.8 Å². The molecule has 0 bridgehead atoms. The maximum atomic E-state index is 12.4. The van der Waals surface area contributed by atoms with Crippen LogP contribution >= 0.6 is 0 Å². The molecule has 1 saturated heterocycles. The van der Waals surface area contributed by atoms with Gasteiger partial charge in [0, 0.05) is 19.5 Å². The zero-order valence-electron chi connectivity index (χ0n) is 13.3. The number of likely N-dealkylation sites (tertiary alicyclic amines) is 1. The molecule has 1 fully saturated rings. The fraction of sp³-hybridized carbons (Fsp3) is 0.529. The molecule has 0 N–H and O–H groups in total. The van der Waals surface area contributed by atoms with Crippen LogP contribution in [0.2, 0.25) is 0 Å². The highest BCUT2D eigenvalue weighted by atomic mass is 16.2. The average molecular weight is 313 g/mol. The fourth-order valence-corrected chi connectivity index (χ4v) is 3.19. The van der Waals surface area contributed by atoms with Gasteiger partial charge < -0.3 is 4.90 Å². The summed E-state index contributed by atoms with van der Waals surface area (Å²) in [5.74, 6) is 0.825. The third-order valence-corrected chi connectivity index (χ3v) is 4.50. The first-order valence-corrected chi connectivity index (χ1v) is 8.34. The van der Waals surface area contributed by atoms with Gasteiger partial charge in [-0.05, 0) is 47.6 Å². The molecule has 0 radical (unpaired) electrons. The Labute approximate surface area is 136 Å². The summed E-state index contributed by atoms with van der Waals surface area (Å²) < 4.78 is 1.61. The van der Waals surface area contributed by atoms with Gasteiger partial charge in [0.15, 0.2) is 0 Å². The quantitative estimate of drug-likeness (QED) is 0.817. The maximum absolute atomic E-state index is 12.4. The lowest BCUT2D eigenvalue weighted by molar-refractivity contribution is -0.133. The van der Waals surface area contributed by atoms with Crippen molar-refractivity contribution in [2.75, 3.05) is 13.1 Å². The number of benzene rings is 1. The van der Waals surface area contributed by atoms with Gasteiger partial charge in [-0.25, -0.2) is 4.68 Å². The van der Waals surface area contributed by atoms with Gasteiger partial charge in [-0.3, -0.25) is 4.79 Å². The lowest BCUT2D eigenvalue weighted by atomic mass is 9.91. The molecule has 6 nitrogen and oxygen atoms in total. The summed E-state index contributed by atoms with van der Waals surface area (Å²) in [7, 11) is 0. The topological polar surface area (TPSA) is 63.9 Å². The highest BCUT2D eigenvalue weighted by Gasteiger charge is 2.23. The van der Waals surface area contributed by atoms with Gasteiger partial charge in [-0.1, -0.05) is 30.3 Å². The van der Waals surface area contributed by atoms with Gasteiger partial charge in [-0.15, -0.1) is 5.10 Å². The Morgan fingerprint density at radius 2 is 2.13 bits per heavy atom. The molecule has 1 aliphatic rings. The Hall–Kier alpha value is -2.24. The van der Waals surface area contributed by atoms with Crippen molar-refractivity contribution in [1.82, 2.24) is 25.1 Å². The summed E-state index contributed by atoms with van der Waals surface area (Å²) in [6.07, 6.45) is 6.60. The summed E-state index contributed by atoms with van der Waals surface area (Å²) in [6.45, 7) is 2.33. The molecule has 1 atom stereocenters. The van der Waals surface area contributed by atoms with Crippen molar-refractivity contribution in [2.24, 2.45) is 5.92 Å². The summed E-state index contributed by atoms with van der Waals surface area (Å²) in [5.41, 5.74) is 1.38. The molecular weight excluding hydrogens is 290 g/mol. The predicted octanol–water partition coefficient (Wildman–Crippen LogP) is 1.93. The van der Waals surface area contributed by atoms with Crippen LogP contribution in [0.25, 0.3) is 0 Å². The van der Waals surface area contributed by atoms with E-state index in [4.69, 9.17) is 0 Å². The van der Waals surface area contributed by atoms with E-state index in [2.05, 4.69) is 45.9 Å². The van der Waals surface area contributed by atoms with E-state index in [1.165, 1.54) is 12.0 Å². The minimum Gasteiger partial charge on any atom is -0.342 e. The van der Waals surface area contributed by atoms with Gasteiger partial charge in [0.25, 0.3) is 0 Å². The van der Waals surface area contributed by atoms with Crippen LogP contribution in [0.15, 0.2) is 36.7 Å². The molecular formula is C17H23N5O. The highest BCUT2D eigenvalue weighted by molar-refractivity contribution is 5.76. The molecule has 1 aromatic carbocycles. The van der Waals surface area contributed by atoms with Crippen LogP contribution in [-0.4, -0.2) is 44.1 Å². The van der Waals surface area contributed by atoms with Crippen molar-refractivity contribution >= 4 is 5.91 Å². The molecule has 1 amide bonds. The lowest BCUT2D eigenvalue weighted by Crippen LogP contribution is -2.40. The van der Waals surface area contributed by atoms with Crippen molar-refractivity contribution in [3.05, 3.63) is 42.2 Å². The molecule has 6 heteroatoms. The largest absolute Gasteiger partial charge is 0.342 e. The van der Waals surface area contributed by atoms with Crippen LogP contribution < -0.4 is 0 Å². The highest BCUT2D eigenvalue weighted by Crippen LogP contribution is 2.22. The number of tetrazole rings is 1. The van der Waals surface area contributed by atoms with E-state index in [0.717, 1.165) is 32.4 Å². The first kappa shape index (κ1) is 15.6. The number of aryl methyl sites for hydroxylation is 2. The molecule has 122 valence electrons. The van der Waals surface area contributed by atoms with Crippen molar-refractivity contribution in [3.8, 4) is 0 Å². The molecule has 23 heavy (non-hydrogen) atoms. The number of piperidine rings is 1. The SMILES string of the molecule is O=C(CCn1cnnn1)N1CCCC(CCc2ccccc2)C1. The van der Waals surface area contributed by atoms with Crippen LogP contribution in [0, 0.1) is 5.92 Å². The molecule has 0 spiro atoms. The first-order valence-electron chi connectivity index (χ1n) is 8.34. The van der Waals surface area contributed by atoms with Gasteiger partial charge in [-0.2, -0.15) is 0 Å². The number of nitrogens with zero attached hydrogens (tertiary/aromatic N) is 5. The summed E-state index contributed by atoms with van der Waals surface area (Å²) in [4.78, 5) is 14.4. The van der Waals surface area contributed by atoms with E-state index in [9.17, 15) is 4.79 Å². The monoisotopic (exact) mass is 313 g/mol. The summed E-state index contributed by atoms with van der Waals surface area (Å²) in [6, 6.07) is 10.6. The number of carbonyl (C=O) groups is 1. The summed E-state index contributed by atoms with van der Waals surface area (Å²) in [5, 5.41) is 11.0. The third kappa shape index (κ3) is 4.61.